The third-order valence-corrected chi connectivity index (χ3v) is 8.23. The van der Waals surface area contributed by atoms with Crippen LogP contribution in [0.3, 0.4) is 0 Å². The molecule has 1 fully saturated rings. The summed E-state index contributed by atoms with van der Waals surface area (Å²) < 4.78 is 13.8. The Morgan fingerprint density at radius 3 is 2.51 bits per heavy atom. The van der Waals surface area contributed by atoms with Crippen LogP contribution in [0.5, 0.6) is 11.5 Å². The molecule has 9 nitrogen and oxygen atoms in total. The van der Waals surface area contributed by atoms with Gasteiger partial charge < -0.3 is 19.0 Å². The number of Topliss-reactive ketones (excluding diaryl/α,β-unsaturated/α-hetero) is 1. The summed E-state index contributed by atoms with van der Waals surface area (Å²) in [5.41, 5.74) is 3.73. The average Bonchev–Trinajstić information content (AvgIpc) is 3.63. The van der Waals surface area contributed by atoms with E-state index in [1.54, 1.807) is 37.4 Å². The fourth-order valence-corrected chi connectivity index (χ4v) is 6.13. The number of rotatable bonds is 7. The van der Waals surface area contributed by atoms with Crippen LogP contribution in [0.15, 0.2) is 66.4 Å². The SMILES string of the molecule is CCCOc1ccc(C2C(=C(O)c3nc4c(C)cccn4c3C)C(=O)C(=O)N2c2nc3ccc(OC)cc3s2)cc1. The van der Waals surface area contributed by atoms with Crippen LogP contribution in [0.2, 0.25) is 0 Å². The molecule has 1 unspecified atom stereocenters. The number of aliphatic hydroxyl groups is 1. The van der Waals surface area contributed by atoms with Gasteiger partial charge in [0.25, 0.3) is 5.78 Å². The van der Waals surface area contributed by atoms with Crippen molar-refractivity contribution in [3.05, 3.63) is 88.9 Å². The van der Waals surface area contributed by atoms with Crippen molar-refractivity contribution >= 4 is 49.8 Å². The molecule has 5 aromatic rings. The summed E-state index contributed by atoms with van der Waals surface area (Å²) in [6.07, 6.45) is 2.71. The zero-order valence-electron chi connectivity index (χ0n) is 23.0. The fraction of sp³-hybridized carbons (Fsp3) is 0.226. The van der Waals surface area contributed by atoms with Gasteiger partial charge in [-0.3, -0.25) is 14.5 Å². The maximum Gasteiger partial charge on any atom is 0.301 e. The van der Waals surface area contributed by atoms with E-state index in [4.69, 9.17) is 9.47 Å². The highest BCUT2D eigenvalue weighted by atomic mass is 32.1. The van der Waals surface area contributed by atoms with Crippen molar-refractivity contribution in [2.24, 2.45) is 0 Å². The standard InChI is InChI=1S/C31H28N4O5S/c1-5-15-40-20-10-8-19(9-11-20)26-24(27(36)25-18(3)34-14-6-7-17(2)29(34)33-25)28(37)30(38)35(26)31-32-22-13-12-21(39-4)16-23(22)41-31/h6-14,16,26,36H,5,15H2,1-4H3. The predicted octanol–water partition coefficient (Wildman–Crippen LogP) is 5.98. The van der Waals surface area contributed by atoms with Gasteiger partial charge >= 0.3 is 5.91 Å². The highest BCUT2D eigenvalue weighted by molar-refractivity contribution is 7.22. The number of fused-ring (bicyclic) bond motifs is 2. The minimum absolute atomic E-state index is 0.0433. The van der Waals surface area contributed by atoms with Crippen LogP contribution < -0.4 is 14.4 Å². The second-order valence-corrected chi connectivity index (χ2v) is 10.9. The van der Waals surface area contributed by atoms with Crippen molar-refractivity contribution in [2.75, 3.05) is 18.6 Å². The predicted molar refractivity (Wildman–Crippen MR) is 158 cm³/mol. The lowest BCUT2D eigenvalue weighted by Gasteiger charge is -2.23. The molecule has 208 valence electrons. The number of carbonyl (C=O) groups excluding carboxylic acids is 2. The van der Waals surface area contributed by atoms with Crippen molar-refractivity contribution in [2.45, 2.75) is 33.2 Å². The molecular weight excluding hydrogens is 540 g/mol. The van der Waals surface area contributed by atoms with Crippen molar-refractivity contribution in [3.63, 3.8) is 0 Å². The minimum atomic E-state index is -0.928. The summed E-state index contributed by atoms with van der Waals surface area (Å²) in [4.78, 5) is 38.1. The molecule has 1 amide bonds. The van der Waals surface area contributed by atoms with E-state index in [9.17, 15) is 14.7 Å². The summed E-state index contributed by atoms with van der Waals surface area (Å²) in [5, 5.41) is 12.0. The number of aromatic nitrogens is 3. The molecule has 0 aliphatic carbocycles. The van der Waals surface area contributed by atoms with E-state index >= 15 is 0 Å². The highest BCUT2D eigenvalue weighted by Gasteiger charge is 2.48. The van der Waals surface area contributed by atoms with Gasteiger partial charge in [-0.1, -0.05) is 36.5 Å². The fourth-order valence-electron chi connectivity index (χ4n) is 5.11. The normalized spacial score (nSPS) is 16.7. The van der Waals surface area contributed by atoms with Gasteiger partial charge in [-0.15, -0.1) is 0 Å². The molecule has 0 spiro atoms. The summed E-state index contributed by atoms with van der Waals surface area (Å²) in [5.74, 6) is -0.571. The number of nitrogens with zero attached hydrogens (tertiary/aromatic N) is 4. The topological polar surface area (TPSA) is 106 Å². The molecule has 1 N–H and O–H groups in total. The number of methoxy groups -OCH3 is 1. The Morgan fingerprint density at radius 2 is 1.80 bits per heavy atom. The number of hydrogen-bond acceptors (Lipinski definition) is 8. The number of ether oxygens (including phenoxy) is 2. The van der Waals surface area contributed by atoms with Gasteiger partial charge in [0.05, 0.1) is 41.2 Å². The molecule has 10 heteroatoms. The average molecular weight is 569 g/mol. The number of thiazole rings is 1. The van der Waals surface area contributed by atoms with Crippen LogP contribution in [-0.4, -0.2) is 44.9 Å². The lowest BCUT2D eigenvalue weighted by molar-refractivity contribution is -0.132. The molecular formula is C31H28N4O5S. The lowest BCUT2D eigenvalue weighted by Crippen LogP contribution is -2.29. The zero-order valence-corrected chi connectivity index (χ0v) is 23.9. The van der Waals surface area contributed by atoms with E-state index in [-0.39, 0.29) is 17.0 Å². The molecule has 0 bridgehead atoms. The van der Waals surface area contributed by atoms with Gasteiger partial charge in [0, 0.05) is 6.20 Å². The Balaban J connectivity index is 1.54. The van der Waals surface area contributed by atoms with E-state index in [1.165, 1.54) is 16.2 Å². The molecule has 0 saturated carbocycles. The smallest absolute Gasteiger partial charge is 0.301 e. The van der Waals surface area contributed by atoms with Crippen molar-refractivity contribution in [1.29, 1.82) is 0 Å². The van der Waals surface area contributed by atoms with Crippen molar-refractivity contribution < 1.29 is 24.2 Å². The molecule has 2 aromatic carbocycles. The van der Waals surface area contributed by atoms with Crippen LogP contribution in [-0.2, 0) is 9.59 Å². The molecule has 1 atom stereocenters. The van der Waals surface area contributed by atoms with Crippen LogP contribution in [0.25, 0.3) is 21.6 Å². The van der Waals surface area contributed by atoms with E-state index < -0.39 is 17.7 Å². The van der Waals surface area contributed by atoms with Crippen LogP contribution in [0.4, 0.5) is 5.13 Å². The van der Waals surface area contributed by atoms with Gasteiger partial charge in [0.15, 0.2) is 10.9 Å². The summed E-state index contributed by atoms with van der Waals surface area (Å²) in [7, 11) is 1.58. The first-order valence-corrected chi connectivity index (χ1v) is 14.1. The van der Waals surface area contributed by atoms with Gasteiger partial charge in [-0.05, 0) is 67.8 Å². The third kappa shape index (κ3) is 4.40. The first-order chi connectivity index (χ1) is 19.8. The second kappa shape index (κ2) is 10.4. The number of carbonyl (C=O) groups is 2. The second-order valence-electron chi connectivity index (χ2n) is 9.85. The van der Waals surface area contributed by atoms with E-state index in [2.05, 4.69) is 9.97 Å². The van der Waals surface area contributed by atoms with Crippen molar-refractivity contribution in [1.82, 2.24) is 14.4 Å². The number of amides is 1. The third-order valence-electron chi connectivity index (χ3n) is 7.21. The maximum absolute atomic E-state index is 13.7. The maximum atomic E-state index is 13.7. The van der Waals surface area contributed by atoms with Gasteiger partial charge in [-0.25, -0.2) is 9.97 Å². The number of aryl methyl sites for hydroxylation is 2. The molecule has 1 aliphatic rings. The lowest BCUT2D eigenvalue weighted by atomic mass is 9.96. The largest absolute Gasteiger partial charge is 0.505 e. The number of aliphatic hydroxyl groups excluding tert-OH is 1. The Hall–Kier alpha value is -4.70. The Labute approximate surface area is 240 Å². The van der Waals surface area contributed by atoms with Gasteiger partial charge in [-0.2, -0.15) is 0 Å². The Bertz CT molecular complexity index is 1850. The van der Waals surface area contributed by atoms with E-state index in [0.29, 0.717) is 45.7 Å². The first-order valence-electron chi connectivity index (χ1n) is 13.2. The molecule has 0 radical (unpaired) electrons. The van der Waals surface area contributed by atoms with Crippen molar-refractivity contribution in [3.8, 4) is 11.5 Å². The number of pyridine rings is 1. The van der Waals surface area contributed by atoms with Crippen LogP contribution in [0, 0.1) is 13.8 Å². The van der Waals surface area contributed by atoms with Crippen LogP contribution in [0.1, 0.15) is 41.9 Å². The number of imidazole rings is 1. The molecule has 4 heterocycles. The highest BCUT2D eigenvalue weighted by Crippen LogP contribution is 2.45. The van der Waals surface area contributed by atoms with Gasteiger partial charge in [0.1, 0.15) is 22.8 Å². The molecule has 1 aliphatic heterocycles. The molecule has 3 aromatic heterocycles. The Morgan fingerprint density at radius 1 is 1.05 bits per heavy atom. The molecule has 6 rings (SSSR count). The number of anilines is 1. The van der Waals surface area contributed by atoms with E-state index in [0.717, 1.165) is 16.7 Å². The summed E-state index contributed by atoms with van der Waals surface area (Å²) in [6.45, 7) is 6.34. The number of hydrogen-bond donors (Lipinski definition) is 1. The van der Waals surface area contributed by atoms with E-state index in [1.807, 2.05) is 55.6 Å². The summed E-state index contributed by atoms with van der Waals surface area (Å²) in [6, 6.07) is 15.5. The molecule has 41 heavy (non-hydrogen) atoms. The minimum Gasteiger partial charge on any atom is -0.505 e. The first kappa shape index (κ1) is 26.5. The Kier molecular flexibility index (Phi) is 6.70. The molecule has 1 saturated heterocycles. The monoisotopic (exact) mass is 568 g/mol. The number of ketones is 1. The van der Waals surface area contributed by atoms with Crippen LogP contribution >= 0.6 is 11.3 Å². The van der Waals surface area contributed by atoms with Gasteiger partial charge in [0.2, 0.25) is 0 Å². The zero-order chi connectivity index (χ0) is 28.8. The summed E-state index contributed by atoms with van der Waals surface area (Å²) >= 11 is 1.27. The quantitative estimate of drug-likeness (QED) is 0.146. The number of benzene rings is 2.